The van der Waals surface area contributed by atoms with Crippen LogP contribution in [0.15, 0.2) is 15.9 Å². The number of hydrogen-bond acceptors (Lipinski definition) is 4. The number of nitrogens with zero attached hydrogens (tertiary/aromatic N) is 1. The number of rotatable bonds is 6. The first-order valence-electron chi connectivity index (χ1n) is 4.83. The molecule has 0 aliphatic heterocycles. The number of hydrogen-bond donors (Lipinski definition) is 1. The highest BCUT2D eigenvalue weighted by atomic mass is 79.9. The van der Waals surface area contributed by atoms with Crippen molar-refractivity contribution in [3.05, 3.63) is 20.8 Å². The molecule has 1 aromatic rings. The van der Waals surface area contributed by atoms with Crippen LogP contribution in [0.3, 0.4) is 0 Å². The van der Waals surface area contributed by atoms with Crippen LogP contribution in [-0.4, -0.2) is 37.0 Å². The molecule has 0 radical (unpaired) electrons. The summed E-state index contributed by atoms with van der Waals surface area (Å²) in [5, 5.41) is 0. The Morgan fingerprint density at radius 2 is 2.33 bits per heavy atom. The Kier molecular flexibility index (Phi) is 6.23. The monoisotopic (exact) mass is 308 g/mol. The largest absolute Gasteiger partial charge is 0.329 e. The second-order valence-electron chi connectivity index (χ2n) is 3.37. The van der Waals surface area contributed by atoms with Crippen molar-refractivity contribution in [1.82, 2.24) is 4.90 Å². The van der Waals surface area contributed by atoms with Crippen molar-refractivity contribution in [2.45, 2.75) is 6.04 Å². The van der Waals surface area contributed by atoms with E-state index in [1.54, 1.807) is 11.3 Å². The van der Waals surface area contributed by atoms with E-state index >= 15 is 0 Å². The van der Waals surface area contributed by atoms with Gasteiger partial charge in [-0.15, -0.1) is 11.3 Å². The van der Waals surface area contributed by atoms with Crippen molar-refractivity contribution in [3.63, 3.8) is 0 Å². The van der Waals surface area contributed by atoms with Crippen molar-refractivity contribution >= 4 is 39.0 Å². The van der Waals surface area contributed by atoms with Crippen LogP contribution < -0.4 is 5.73 Å². The maximum absolute atomic E-state index is 5.83. The highest BCUT2D eigenvalue weighted by Gasteiger charge is 2.16. The first-order valence-corrected chi connectivity index (χ1v) is 7.83. The third kappa shape index (κ3) is 4.07. The van der Waals surface area contributed by atoms with Crippen molar-refractivity contribution in [3.8, 4) is 0 Å². The van der Waals surface area contributed by atoms with E-state index in [0.717, 1.165) is 12.3 Å². The maximum atomic E-state index is 5.83. The summed E-state index contributed by atoms with van der Waals surface area (Å²) in [4.78, 5) is 3.67. The van der Waals surface area contributed by atoms with Gasteiger partial charge in [0.25, 0.3) is 0 Å². The zero-order chi connectivity index (χ0) is 11.3. The summed E-state index contributed by atoms with van der Waals surface area (Å²) < 4.78 is 1.18. The molecule has 86 valence electrons. The van der Waals surface area contributed by atoms with Crippen LogP contribution in [0, 0.1) is 0 Å². The predicted octanol–water partition coefficient (Wildman–Crippen LogP) is 2.81. The van der Waals surface area contributed by atoms with E-state index in [1.807, 2.05) is 11.8 Å². The van der Waals surface area contributed by atoms with Gasteiger partial charge in [0.05, 0.1) is 9.83 Å². The van der Waals surface area contributed by atoms with Gasteiger partial charge >= 0.3 is 0 Å². The highest BCUT2D eigenvalue weighted by molar-refractivity contribution is 9.11. The Hall–Kier alpha value is 0.450. The molecule has 0 fully saturated rings. The van der Waals surface area contributed by atoms with Gasteiger partial charge in [-0.1, -0.05) is 0 Å². The summed E-state index contributed by atoms with van der Waals surface area (Å²) in [6.45, 7) is 1.76. The standard InChI is InChI=1S/C10H17BrN2S2/c1-13(5-6-14-2)8(7-12)9-3-4-10(11)15-9/h3-4,8H,5-7,12H2,1-2H3. The third-order valence-electron chi connectivity index (χ3n) is 2.33. The molecule has 0 amide bonds. The topological polar surface area (TPSA) is 29.3 Å². The van der Waals surface area contributed by atoms with E-state index in [4.69, 9.17) is 5.73 Å². The van der Waals surface area contributed by atoms with Gasteiger partial charge in [0.15, 0.2) is 0 Å². The van der Waals surface area contributed by atoms with Crippen LogP contribution in [0.25, 0.3) is 0 Å². The zero-order valence-electron chi connectivity index (χ0n) is 9.07. The van der Waals surface area contributed by atoms with Crippen LogP contribution in [-0.2, 0) is 0 Å². The number of thioether (sulfide) groups is 1. The molecule has 0 saturated heterocycles. The average Bonchev–Trinajstić information content (AvgIpc) is 2.63. The predicted molar refractivity (Wildman–Crippen MR) is 74.8 cm³/mol. The summed E-state index contributed by atoms with van der Waals surface area (Å²) in [5.41, 5.74) is 5.83. The Bertz CT molecular complexity index is 291. The summed E-state index contributed by atoms with van der Waals surface area (Å²) in [6.07, 6.45) is 2.13. The van der Waals surface area contributed by atoms with Gasteiger partial charge in [-0.25, -0.2) is 0 Å². The molecule has 1 rings (SSSR count). The molecule has 0 saturated carbocycles. The van der Waals surface area contributed by atoms with Crippen molar-refractivity contribution < 1.29 is 0 Å². The van der Waals surface area contributed by atoms with Gasteiger partial charge in [-0.05, 0) is 41.4 Å². The minimum Gasteiger partial charge on any atom is -0.329 e. The molecule has 0 aromatic carbocycles. The van der Waals surface area contributed by atoms with E-state index in [9.17, 15) is 0 Å². The fourth-order valence-electron chi connectivity index (χ4n) is 1.41. The quantitative estimate of drug-likeness (QED) is 0.876. The van der Waals surface area contributed by atoms with Crippen molar-refractivity contribution in [2.75, 3.05) is 32.1 Å². The molecular formula is C10H17BrN2S2. The van der Waals surface area contributed by atoms with Crippen LogP contribution in [0.5, 0.6) is 0 Å². The van der Waals surface area contributed by atoms with Crippen LogP contribution >= 0.6 is 39.0 Å². The van der Waals surface area contributed by atoms with E-state index < -0.39 is 0 Å². The molecule has 0 aliphatic carbocycles. The molecule has 1 heterocycles. The molecule has 15 heavy (non-hydrogen) atoms. The lowest BCUT2D eigenvalue weighted by molar-refractivity contribution is 0.269. The highest BCUT2D eigenvalue weighted by Crippen LogP contribution is 2.29. The number of thiophene rings is 1. The first kappa shape index (κ1) is 13.5. The van der Waals surface area contributed by atoms with Gasteiger partial charge in [0.1, 0.15) is 0 Å². The van der Waals surface area contributed by atoms with Crippen LogP contribution in [0.2, 0.25) is 0 Å². The molecule has 0 bridgehead atoms. The van der Waals surface area contributed by atoms with Gasteiger partial charge in [-0.2, -0.15) is 11.8 Å². The fourth-order valence-corrected chi connectivity index (χ4v) is 3.48. The summed E-state index contributed by atoms with van der Waals surface area (Å²) in [5.74, 6) is 1.15. The maximum Gasteiger partial charge on any atom is 0.0702 e. The molecular weight excluding hydrogens is 292 g/mol. The molecule has 1 aromatic heterocycles. The molecule has 2 N–H and O–H groups in total. The SMILES string of the molecule is CSCCN(C)C(CN)c1ccc(Br)s1. The average molecular weight is 309 g/mol. The van der Waals surface area contributed by atoms with E-state index in [2.05, 4.69) is 46.3 Å². The van der Waals surface area contributed by atoms with Gasteiger partial charge in [0, 0.05) is 23.7 Å². The Labute approximate surface area is 108 Å². The first-order chi connectivity index (χ1) is 7.19. The third-order valence-corrected chi connectivity index (χ3v) is 4.64. The normalized spacial score (nSPS) is 13.4. The molecule has 2 nitrogen and oxygen atoms in total. The van der Waals surface area contributed by atoms with Gasteiger partial charge < -0.3 is 5.73 Å². The Balaban J connectivity index is 2.62. The lowest BCUT2D eigenvalue weighted by atomic mass is 10.2. The van der Waals surface area contributed by atoms with E-state index in [-0.39, 0.29) is 0 Å². The smallest absolute Gasteiger partial charge is 0.0702 e. The lowest BCUT2D eigenvalue weighted by Gasteiger charge is -2.25. The second-order valence-corrected chi connectivity index (χ2v) is 6.85. The molecule has 1 atom stereocenters. The van der Waals surface area contributed by atoms with E-state index in [1.165, 1.54) is 8.66 Å². The van der Waals surface area contributed by atoms with Gasteiger partial charge in [0.2, 0.25) is 0 Å². The van der Waals surface area contributed by atoms with Gasteiger partial charge in [-0.3, -0.25) is 4.90 Å². The molecule has 1 unspecified atom stereocenters. The Morgan fingerprint density at radius 3 is 2.80 bits per heavy atom. The van der Waals surface area contributed by atoms with Crippen LogP contribution in [0.1, 0.15) is 10.9 Å². The summed E-state index contributed by atoms with van der Waals surface area (Å²) in [7, 11) is 2.14. The zero-order valence-corrected chi connectivity index (χ0v) is 12.3. The minimum atomic E-state index is 0.355. The Morgan fingerprint density at radius 1 is 1.60 bits per heavy atom. The summed E-state index contributed by atoms with van der Waals surface area (Å²) in [6, 6.07) is 4.60. The molecule has 0 spiro atoms. The lowest BCUT2D eigenvalue weighted by Crippen LogP contribution is -2.31. The summed E-state index contributed by atoms with van der Waals surface area (Å²) >= 11 is 7.13. The van der Waals surface area contributed by atoms with Crippen molar-refractivity contribution in [1.29, 1.82) is 0 Å². The number of nitrogens with two attached hydrogens (primary N) is 1. The van der Waals surface area contributed by atoms with Crippen LogP contribution in [0.4, 0.5) is 0 Å². The number of halogens is 1. The molecule has 0 aliphatic rings. The minimum absolute atomic E-state index is 0.355. The van der Waals surface area contributed by atoms with E-state index in [0.29, 0.717) is 12.6 Å². The van der Waals surface area contributed by atoms with Crippen molar-refractivity contribution in [2.24, 2.45) is 5.73 Å². The second kappa shape index (κ2) is 6.91. The molecule has 5 heteroatoms. The number of likely N-dealkylation sites (N-methyl/N-ethyl adjacent to an activating group) is 1. The fraction of sp³-hybridized carbons (Fsp3) is 0.600.